The molecule has 0 radical (unpaired) electrons. The van der Waals surface area contributed by atoms with Gasteiger partial charge in [-0.15, -0.1) is 0 Å². The molecular formula is C24H27NO2. The van der Waals surface area contributed by atoms with Gasteiger partial charge in [-0.2, -0.15) is 0 Å². The van der Waals surface area contributed by atoms with E-state index in [9.17, 15) is 0 Å². The Labute approximate surface area is 162 Å². The molecule has 0 saturated heterocycles. The highest BCUT2D eigenvalue weighted by Crippen LogP contribution is 2.19. The number of ether oxygens (including phenoxy) is 2. The lowest BCUT2D eigenvalue weighted by Crippen LogP contribution is -2.17. The number of hydrogen-bond acceptors (Lipinski definition) is 3. The van der Waals surface area contributed by atoms with Crippen molar-refractivity contribution in [2.45, 2.75) is 26.5 Å². The van der Waals surface area contributed by atoms with Crippen LogP contribution in [0.2, 0.25) is 0 Å². The van der Waals surface area contributed by atoms with Gasteiger partial charge >= 0.3 is 0 Å². The van der Waals surface area contributed by atoms with Crippen molar-refractivity contribution in [3.05, 3.63) is 95.1 Å². The molecule has 0 aromatic heterocycles. The quantitative estimate of drug-likeness (QED) is 0.549. The van der Waals surface area contributed by atoms with Crippen LogP contribution in [-0.4, -0.2) is 13.7 Å². The van der Waals surface area contributed by atoms with Crippen LogP contribution in [-0.2, 0) is 19.6 Å². The summed E-state index contributed by atoms with van der Waals surface area (Å²) < 4.78 is 11.2. The highest BCUT2D eigenvalue weighted by atomic mass is 16.5. The minimum Gasteiger partial charge on any atom is -0.497 e. The average Bonchev–Trinajstić information content (AvgIpc) is 2.72. The molecule has 0 aliphatic carbocycles. The Hall–Kier alpha value is -2.78. The first-order valence-corrected chi connectivity index (χ1v) is 9.34. The number of hydrogen-bond donors (Lipinski definition) is 1. The van der Waals surface area contributed by atoms with Crippen LogP contribution in [0.4, 0.5) is 0 Å². The third-order valence-corrected chi connectivity index (χ3v) is 4.55. The third-order valence-electron chi connectivity index (χ3n) is 4.55. The van der Waals surface area contributed by atoms with Gasteiger partial charge in [-0.3, -0.25) is 0 Å². The minimum atomic E-state index is 0.586. The van der Waals surface area contributed by atoms with E-state index in [1.807, 2.05) is 24.3 Å². The lowest BCUT2D eigenvalue weighted by Gasteiger charge is -2.12. The minimum absolute atomic E-state index is 0.586. The van der Waals surface area contributed by atoms with Gasteiger partial charge in [0.05, 0.1) is 7.11 Å². The van der Waals surface area contributed by atoms with E-state index in [0.29, 0.717) is 6.61 Å². The van der Waals surface area contributed by atoms with E-state index in [4.69, 9.17) is 9.47 Å². The van der Waals surface area contributed by atoms with Crippen LogP contribution < -0.4 is 14.8 Å². The third kappa shape index (κ3) is 5.87. The molecule has 0 aliphatic rings. The number of nitrogens with one attached hydrogen (secondary N) is 1. The second-order valence-electron chi connectivity index (χ2n) is 6.66. The van der Waals surface area contributed by atoms with Gasteiger partial charge in [-0.05, 0) is 49.2 Å². The normalized spacial score (nSPS) is 10.6. The van der Waals surface area contributed by atoms with Gasteiger partial charge in [-0.25, -0.2) is 0 Å². The van der Waals surface area contributed by atoms with Crippen LogP contribution in [0.25, 0.3) is 0 Å². The molecule has 0 unspecified atom stereocenters. The first kappa shape index (κ1) is 19.0. The van der Waals surface area contributed by atoms with Gasteiger partial charge in [0.25, 0.3) is 0 Å². The Morgan fingerprint density at radius 3 is 2.26 bits per heavy atom. The fraction of sp³-hybridized carbons (Fsp3) is 0.250. The summed E-state index contributed by atoms with van der Waals surface area (Å²) in [5.74, 6) is 1.83. The Kier molecular flexibility index (Phi) is 6.89. The van der Waals surface area contributed by atoms with Crippen molar-refractivity contribution in [3.8, 4) is 11.5 Å². The summed E-state index contributed by atoms with van der Waals surface area (Å²) in [5.41, 5.74) is 4.93. The number of methoxy groups -OCH3 is 1. The van der Waals surface area contributed by atoms with Crippen molar-refractivity contribution in [2.24, 2.45) is 0 Å². The summed E-state index contributed by atoms with van der Waals surface area (Å²) in [4.78, 5) is 0. The molecule has 0 fully saturated rings. The summed E-state index contributed by atoms with van der Waals surface area (Å²) in [7, 11) is 1.69. The van der Waals surface area contributed by atoms with E-state index >= 15 is 0 Å². The Balaban J connectivity index is 1.48. The van der Waals surface area contributed by atoms with Gasteiger partial charge in [0.2, 0.25) is 0 Å². The molecule has 0 spiro atoms. The van der Waals surface area contributed by atoms with Crippen LogP contribution in [0, 0.1) is 6.92 Å². The fourth-order valence-electron chi connectivity index (χ4n) is 2.88. The summed E-state index contributed by atoms with van der Waals surface area (Å²) in [6.07, 6.45) is 0.983. The lowest BCUT2D eigenvalue weighted by atomic mass is 10.1. The molecule has 3 heteroatoms. The number of benzene rings is 3. The van der Waals surface area contributed by atoms with Crippen LogP contribution in [0.5, 0.6) is 11.5 Å². The molecule has 0 aliphatic heterocycles. The molecule has 0 heterocycles. The first-order valence-electron chi connectivity index (χ1n) is 9.34. The number of aryl methyl sites for hydroxylation is 1. The zero-order chi connectivity index (χ0) is 18.9. The lowest BCUT2D eigenvalue weighted by molar-refractivity contribution is 0.302. The molecule has 0 amide bonds. The van der Waals surface area contributed by atoms with Crippen LogP contribution in [0.15, 0.2) is 72.8 Å². The zero-order valence-electron chi connectivity index (χ0n) is 16.1. The SMILES string of the molecule is COc1ccc(CCNCc2ccccc2OCc2ccc(C)cc2)cc1. The second-order valence-corrected chi connectivity index (χ2v) is 6.66. The van der Waals surface area contributed by atoms with Gasteiger partial charge in [-0.1, -0.05) is 60.2 Å². The summed E-state index contributed by atoms with van der Waals surface area (Å²) >= 11 is 0. The van der Waals surface area contributed by atoms with Crippen molar-refractivity contribution < 1.29 is 9.47 Å². The fourth-order valence-corrected chi connectivity index (χ4v) is 2.88. The van der Waals surface area contributed by atoms with Crippen LogP contribution >= 0.6 is 0 Å². The van der Waals surface area contributed by atoms with E-state index in [-0.39, 0.29) is 0 Å². The maximum absolute atomic E-state index is 6.05. The molecule has 1 N–H and O–H groups in total. The molecule has 27 heavy (non-hydrogen) atoms. The van der Waals surface area contributed by atoms with Crippen LogP contribution in [0.3, 0.4) is 0 Å². The molecule has 0 atom stereocenters. The van der Waals surface area contributed by atoms with E-state index in [0.717, 1.165) is 31.0 Å². The van der Waals surface area contributed by atoms with E-state index in [2.05, 4.69) is 60.8 Å². The highest BCUT2D eigenvalue weighted by Gasteiger charge is 2.04. The Morgan fingerprint density at radius 2 is 1.52 bits per heavy atom. The molecule has 3 nitrogen and oxygen atoms in total. The van der Waals surface area contributed by atoms with Crippen molar-refractivity contribution in [1.82, 2.24) is 5.32 Å². The Morgan fingerprint density at radius 1 is 0.815 bits per heavy atom. The maximum Gasteiger partial charge on any atom is 0.124 e. The molecule has 3 rings (SSSR count). The van der Waals surface area contributed by atoms with E-state index in [1.54, 1.807) is 7.11 Å². The molecule has 140 valence electrons. The predicted molar refractivity (Wildman–Crippen MR) is 110 cm³/mol. The van der Waals surface area contributed by atoms with Gasteiger partial charge < -0.3 is 14.8 Å². The first-order chi connectivity index (χ1) is 13.2. The van der Waals surface area contributed by atoms with Gasteiger partial charge in [0, 0.05) is 12.1 Å². The second kappa shape index (κ2) is 9.79. The summed E-state index contributed by atoms with van der Waals surface area (Å²) in [6.45, 7) is 4.39. The zero-order valence-corrected chi connectivity index (χ0v) is 16.1. The molecular weight excluding hydrogens is 334 g/mol. The predicted octanol–water partition coefficient (Wildman–Crippen LogP) is 4.91. The smallest absolute Gasteiger partial charge is 0.124 e. The number of rotatable bonds is 9. The molecule has 0 bridgehead atoms. The topological polar surface area (TPSA) is 30.5 Å². The molecule has 3 aromatic rings. The van der Waals surface area contributed by atoms with Crippen LogP contribution in [0.1, 0.15) is 22.3 Å². The van der Waals surface area contributed by atoms with Crippen molar-refractivity contribution >= 4 is 0 Å². The largest absolute Gasteiger partial charge is 0.497 e. The van der Waals surface area contributed by atoms with Crippen molar-refractivity contribution in [3.63, 3.8) is 0 Å². The van der Waals surface area contributed by atoms with Gasteiger partial charge in [0.15, 0.2) is 0 Å². The molecule has 0 saturated carbocycles. The number of para-hydroxylation sites is 1. The maximum atomic E-state index is 6.05. The van der Waals surface area contributed by atoms with E-state index < -0.39 is 0 Å². The monoisotopic (exact) mass is 361 g/mol. The standard InChI is InChI=1S/C24H27NO2/c1-19-7-9-21(10-8-19)18-27-24-6-4-3-5-22(24)17-25-16-15-20-11-13-23(26-2)14-12-20/h3-14,25H,15-18H2,1-2H3. The van der Waals surface area contributed by atoms with Crippen molar-refractivity contribution in [2.75, 3.05) is 13.7 Å². The highest BCUT2D eigenvalue weighted by molar-refractivity contribution is 5.34. The van der Waals surface area contributed by atoms with Crippen molar-refractivity contribution in [1.29, 1.82) is 0 Å². The van der Waals surface area contributed by atoms with Gasteiger partial charge in [0.1, 0.15) is 18.1 Å². The van der Waals surface area contributed by atoms with E-state index in [1.165, 1.54) is 22.3 Å². The Bertz CT molecular complexity index is 826. The molecule has 3 aromatic carbocycles. The summed E-state index contributed by atoms with van der Waals surface area (Å²) in [6, 6.07) is 24.9. The average molecular weight is 361 g/mol. The summed E-state index contributed by atoms with van der Waals surface area (Å²) in [5, 5.41) is 3.51.